The Morgan fingerprint density at radius 3 is 2.15 bits per heavy atom. The van der Waals surface area contributed by atoms with Gasteiger partial charge in [-0.25, -0.2) is 12.7 Å². The SMILES string of the molecule is C=CC(=O)NCCCN(C)S(=O)(=O)c1ccc(C(=O)NCc2ccc(C(C)(C)C)cc2)cc1. The maximum atomic E-state index is 12.7. The molecule has 0 radical (unpaired) electrons. The summed E-state index contributed by atoms with van der Waals surface area (Å²) in [7, 11) is -2.21. The maximum absolute atomic E-state index is 12.7. The highest BCUT2D eigenvalue weighted by atomic mass is 32.2. The number of hydrogen-bond donors (Lipinski definition) is 2. The van der Waals surface area contributed by atoms with E-state index in [0.717, 1.165) is 5.56 Å². The van der Waals surface area contributed by atoms with Crippen LogP contribution in [0.5, 0.6) is 0 Å². The number of nitrogens with zero attached hydrogens (tertiary/aromatic N) is 1. The topological polar surface area (TPSA) is 95.6 Å². The van der Waals surface area contributed by atoms with E-state index < -0.39 is 10.0 Å². The quantitative estimate of drug-likeness (QED) is 0.411. The molecule has 8 heteroatoms. The van der Waals surface area contributed by atoms with E-state index in [0.29, 0.717) is 25.1 Å². The summed E-state index contributed by atoms with van der Waals surface area (Å²) in [4.78, 5) is 23.7. The Kier molecular flexibility index (Phi) is 8.96. The second kappa shape index (κ2) is 11.2. The minimum atomic E-state index is -3.69. The fourth-order valence-electron chi connectivity index (χ4n) is 3.07. The van der Waals surface area contributed by atoms with Gasteiger partial charge in [0.25, 0.3) is 5.91 Å². The number of amides is 2. The summed E-state index contributed by atoms with van der Waals surface area (Å²) >= 11 is 0. The molecule has 0 bridgehead atoms. The number of hydrogen-bond acceptors (Lipinski definition) is 4. The first-order valence-corrected chi connectivity index (χ1v) is 12.2. The molecule has 7 nitrogen and oxygen atoms in total. The lowest BCUT2D eigenvalue weighted by molar-refractivity contribution is -0.116. The number of sulfonamides is 1. The largest absolute Gasteiger partial charge is 0.353 e. The van der Waals surface area contributed by atoms with Gasteiger partial charge in [-0.2, -0.15) is 0 Å². The molecular formula is C25H33N3O4S. The third-order valence-electron chi connectivity index (χ3n) is 5.23. The number of benzene rings is 2. The molecule has 0 saturated heterocycles. The summed E-state index contributed by atoms with van der Waals surface area (Å²) in [5.74, 6) is -0.568. The molecule has 2 rings (SSSR count). The molecule has 2 aromatic rings. The van der Waals surface area contributed by atoms with Crippen LogP contribution in [0.25, 0.3) is 0 Å². The predicted molar refractivity (Wildman–Crippen MR) is 130 cm³/mol. The second-order valence-electron chi connectivity index (χ2n) is 8.83. The lowest BCUT2D eigenvalue weighted by atomic mass is 9.87. The van der Waals surface area contributed by atoms with Gasteiger partial charge in [0.15, 0.2) is 0 Å². The normalized spacial score (nSPS) is 11.8. The second-order valence-corrected chi connectivity index (χ2v) is 10.9. The first-order valence-electron chi connectivity index (χ1n) is 10.8. The van der Waals surface area contributed by atoms with Crippen LogP contribution in [0.2, 0.25) is 0 Å². The summed E-state index contributed by atoms with van der Waals surface area (Å²) in [6.07, 6.45) is 1.63. The third kappa shape index (κ3) is 7.54. The first kappa shape index (κ1) is 26.3. The van der Waals surface area contributed by atoms with Crippen molar-refractivity contribution in [1.82, 2.24) is 14.9 Å². The lowest BCUT2D eigenvalue weighted by Crippen LogP contribution is -2.31. The molecule has 0 aliphatic carbocycles. The fraction of sp³-hybridized carbons (Fsp3) is 0.360. The predicted octanol–water partition coefficient (Wildman–Crippen LogP) is 3.23. The van der Waals surface area contributed by atoms with Gasteiger partial charge in [0, 0.05) is 32.2 Å². The summed E-state index contributed by atoms with van der Waals surface area (Å²) in [5.41, 5.74) is 2.66. The molecule has 2 aromatic carbocycles. The van der Waals surface area contributed by atoms with E-state index in [4.69, 9.17) is 0 Å². The number of nitrogens with one attached hydrogen (secondary N) is 2. The zero-order valence-electron chi connectivity index (χ0n) is 19.7. The van der Waals surface area contributed by atoms with Crippen LogP contribution in [-0.2, 0) is 26.8 Å². The van der Waals surface area contributed by atoms with Crippen molar-refractivity contribution in [1.29, 1.82) is 0 Å². The Hall–Kier alpha value is -2.97. The van der Waals surface area contributed by atoms with Crippen LogP contribution in [-0.4, -0.2) is 44.7 Å². The molecule has 0 spiro atoms. The van der Waals surface area contributed by atoms with Gasteiger partial charge >= 0.3 is 0 Å². The summed E-state index contributed by atoms with van der Waals surface area (Å²) in [6, 6.07) is 14.0. The molecule has 0 aliphatic heterocycles. The Bertz CT molecular complexity index is 1070. The van der Waals surface area contributed by atoms with Crippen molar-refractivity contribution in [3.8, 4) is 0 Å². The van der Waals surface area contributed by atoms with Crippen molar-refractivity contribution in [2.45, 2.75) is 44.0 Å². The first-order chi connectivity index (χ1) is 15.4. The van der Waals surface area contributed by atoms with Crippen molar-refractivity contribution in [3.63, 3.8) is 0 Å². The highest BCUT2D eigenvalue weighted by Gasteiger charge is 2.21. The van der Waals surface area contributed by atoms with Gasteiger partial charge in [-0.3, -0.25) is 9.59 Å². The van der Waals surface area contributed by atoms with Gasteiger partial charge in [0.05, 0.1) is 4.90 Å². The van der Waals surface area contributed by atoms with Crippen molar-refractivity contribution >= 4 is 21.8 Å². The molecule has 0 fully saturated rings. The molecule has 2 N–H and O–H groups in total. The van der Waals surface area contributed by atoms with E-state index in [2.05, 4.69) is 50.1 Å². The molecule has 178 valence electrons. The Balaban J connectivity index is 1.93. The number of rotatable bonds is 10. The molecule has 0 saturated carbocycles. The minimum Gasteiger partial charge on any atom is -0.353 e. The van der Waals surface area contributed by atoms with Crippen LogP contribution in [0.1, 0.15) is 48.7 Å². The smallest absolute Gasteiger partial charge is 0.251 e. The van der Waals surface area contributed by atoms with E-state index in [9.17, 15) is 18.0 Å². The summed E-state index contributed by atoms with van der Waals surface area (Å²) in [5, 5.41) is 5.47. The Morgan fingerprint density at radius 2 is 1.61 bits per heavy atom. The van der Waals surface area contributed by atoms with Crippen LogP contribution in [0.15, 0.2) is 66.1 Å². The summed E-state index contributed by atoms with van der Waals surface area (Å²) in [6.45, 7) is 10.8. The zero-order chi connectivity index (χ0) is 24.6. The standard InChI is InChI=1S/C25H33N3O4S/c1-6-23(29)26-16-7-17-28(5)33(31,32)22-14-10-20(11-15-22)24(30)27-18-19-8-12-21(13-9-19)25(2,3)4/h6,8-15H,1,7,16-18H2,2-5H3,(H,26,29)(H,27,30). The van der Waals surface area contributed by atoms with Crippen molar-refractivity contribution in [2.75, 3.05) is 20.1 Å². The zero-order valence-corrected chi connectivity index (χ0v) is 20.5. The average molecular weight is 472 g/mol. The van der Waals surface area contributed by atoms with Gasteiger partial charge < -0.3 is 10.6 Å². The maximum Gasteiger partial charge on any atom is 0.251 e. The molecule has 0 atom stereocenters. The van der Waals surface area contributed by atoms with Gasteiger partial charge in [0.2, 0.25) is 15.9 Å². The highest BCUT2D eigenvalue weighted by molar-refractivity contribution is 7.89. The number of carbonyl (C=O) groups excluding carboxylic acids is 2. The van der Waals surface area contributed by atoms with E-state index in [1.54, 1.807) is 0 Å². The molecule has 0 unspecified atom stereocenters. The van der Waals surface area contributed by atoms with Crippen LogP contribution in [0.3, 0.4) is 0 Å². The highest BCUT2D eigenvalue weighted by Crippen LogP contribution is 2.22. The van der Waals surface area contributed by atoms with E-state index >= 15 is 0 Å². The van der Waals surface area contributed by atoms with Crippen LogP contribution >= 0.6 is 0 Å². The van der Waals surface area contributed by atoms with Gasteiger partial charge in [-0.05, 0) is 53.3 Å². The monoisotopic (exact) mass is 471 g/mol. The molecular weight excluding hydrogens is 438 g/mol. The third-order valence-corrected chi connectivity index (χ3v) is 7.10. The van der Waals surface area contributed by atoms with Crippen molar-refractivity contribution in [3.05, 3.63) is 77.9 Å². The van der Waals surface area contributed by atoms with E-state index in [-0.39, 0.29) is 28.7 Å². The van der Waals surface area contributed by atoms with Crippen LogP contribution in [0.4, 0.5) is 0 Å². The fourth-order valence-corrected chi connectivity index (χ4v) is 4.28. The van der Waals surface area contributed by atoms with Crippen LogP contribution in [0, 0.1) is 0 Å². The average Bonchev–Trinajstić information content (AvgIpc) is 2.79. The van der Waals surface area contributed by atoms with Gasteiger partial charge in [-0.15, -0.1) is 0 Å². The van der Waals surface area contributed by atoms with Crippen LogP contribution < -0.4 is 10.6 Å². The molecule has 2 amide bonds. The van der Waals surface area contributed by atoms with E-state index in [1.165, 1.54) is 47.3 Å². The van der Waals surface area contributed by atoms with Crippen molar-refractivity contribution in [2.24, 2.45) is 0 Å². The molecule has 0 aromatic heterocycles. The van der Waals surface area contributed by atoms with Crippen molar-refractivity contribution < 1.29 is 18.0 Å². The van der Waals surface area contributed by atoms with E-state index in [1.807, 2.05) is 12.1 Å². The Morgan fingerprint density at radius 1 is 1.00 bits per heavy atom. The lowest BCUT2D eigenvalue weighted by Gasteiger charge is -2.19. The van der Waals surface area contributed by atoms with Gasteiger partial charge in [0.1, 0.15) is 0 Å². The minimum absolute atomic E-state index is 0.0688. The number of carbonyl (C=O) groups is 2. The molecule has 0 aliphatic rings. The Labute approximate surface area is 196 Å². The van der Waals surface area contributed by atoms with Gasteiger partial charge in [-0.1, -0.05) is 51.6 Å². The summed E-state index contributed by atoms with van der Waals surface area (Å²) < 4.78 is 26.7. The molecule has 0 heterocycles. The molecule has 33 heavy (non-hydrogen) atoms.